The molecule has 1 heterocycles. The first-order chi connectivity index (χ1) is 15.0. The number of amides is 2. The molecule has 0 bridgehead atoms. The van der Waals surface area contributed by atoms with Gasteiger partial charge in [0.15, 0.2) is 0 Å². The summed E-state index contributed by atoms with van der Waals surface area (Å²) in [6.07, 6.45) is 2.87. The topological polar surface area (TPSA) is 55.7 Å². The molecule has 0 saturated carbocycles. The Morgan fingerprint density at radius 2 is 1.94 bits per heavy atom. The van der Waals surface area contributed by atoms with Crippen molar-refractivity contribution >= 4 is 23.3 Å². The van der Waals surface area contributed by atoms with Crippen LogP contribution in [0.2, 0.25) is 5.02 Å². The molecule has 0 aliphatic carbocycles. The molecule has 0 radical (unpaired) electrons. The molecule has 3 rings (SSSR count). The number of nitrogens with one attached hydrogen (secondary N) is 1. The number of urea groups is 1. The van der Waals surface area contributed by atoms with Crippen molar-refractivity contribution in [1.82, 2.24) is 9.47 Å². The molecule has 0 atom stereocenters. The molecule has 31 heavy (non-hydrogen) atoms. The third kappa shape index (κ3) is 5.95. The summed E-state index contributed by atoms with van der Waals surface area (Å²) in [6, 6.07) is 17.0. The van der Waals surface area contributed by atoms with E-state index >= 15 is 0 Å². The van der Waals surface area contributed by atoms with Crippen molar-refractivity contribution in [3.05, 3.63) is 77.1 Å². The van der Waals surface area contributed by atoms with E-state index < -0.39 is 0 Å². The second kappa shape index (κ2) is 10.8. The van der Waals surface area contributed by atoms with E-state index in [0.717, 1.165) is 17.7 Å². The number of nitrogens with zero attached hydrogens (tertiary/aromatic N) is 2. The van der Waals surface area contributed by atoms with Crippen LogP contribution in [0.5, 0.6) is 11.5 Å². The number of aromatic nitrogens is 1. The fourth-order valence-electron chi connectivity index (χ4n) is 3.39. The highest BCUT2D eigenvalue weighted by atomic mass is 35.5. The zero-order chi connectivity index (χ0) is 22.2. The molecule has 6 nitrogen and oxygen atoms in total. The monoisotopic (exact) mass is 441 g/mol. The summed E-state index contributed by atoms with van der Waals surface area (Å²) < 4.78 is 12.8. The van der Waals surface area contributed by atoms with Gasteiger partial charge in [0.05, 0.1) is 26.5 Å². The molecule has 2 amide bonds. The van der Waals surface area contributed by atoms with Gasteiger partial charge in [-0.05, 0) is 48.4 Å². The molecule has 2 aromatic carbocycles. The molecular weight excluding hydrogens is 414 g/mol. The number of hydrogen-bond acceptors (Lipinski definition) is 3. The predicted octanol–water partition coefficient (Wildman–Crippen LogP) is 5.65. The molecule has 0 aliphatic heterocycles. The van der Waals surface area contributed by atoms with Gasteiger partial charge in [0.1, 0.15) is 11.5 Å². The van der Waals surface area contributed by atoms with E-state index in [2.05, 4.69) is 16.8 Å². The fourth-order valence-corrected chi connectivity index (χ4v) is 3.61. The predicted molar refractivity (Wildman–Crippen MR) is 124 cm³/mol. The molecule has 0 spiro atoms. The number of halogens is 1. The lowest BCUT2D eigenvalue weighted by Crippen LogP contribution is -2.35. The highest BCUT2D eigenvalue weighted by Gasteiger charge is 2.17. The molecule has 0 unspecified atom stereocenters. The van der Waals surface area contributed by atoms with Crippen LogP contribution in [-0.2, 0) is 13.1 Å². The number of carbonyl (C=O) groups excluding carboxylic acids is 1. The number of benzene rings is 2. The Kier molecular flexibility index (Phi) is 7.84. The summed E-state index contributed by atoms with van der Waals surface area (Å²) in [5.74, 6) is 1.22. The van der Waals surface area contributed by atoms with E-state index in [0.29, 0.717) is 41.8 Å². The Morgan fingerprint density at radius 1 is 1.10 bits per heavy atom. The zero-order valence-corrected chi connectivity index (χ0v) is 18.9. The van der Waals surface area contributed by atoms with E-state index in [1.807, 2.05) is 42.6 Å². The van der Waals surface area contributed by atoms with Gasteiger partial charge in [-0.2, -0.15) is 0 Å². The summed E-state index contributed by atoms with van der Waals surface area (Å²) in [7, 11) is 3.16. The number of anilines is 1. The van der Waals surface area contributed by atoms with Crippen LogP contribution in [0, 0.1) is 0 Å². The van der Waals surface area contributed by atoms with E-state index in [1.54, 1.807) is 37.3 Å². The SMILES string of the molecule is CCCN(Cc1cccn1Cc1cccc(Cl)c1)C(=O)Nc1ccc(OC)cc1OC. The summed E-state index contributed by atoms with van der Waals surface area (Å²) in [4.78, 5) is 14.9. The molecule has 1 aromatic heterocycles. The molecule has 0 saturated heterocycles. The second-order valence-corrected chi connectivity index (χ2v) is 7.61. The first-order valence-corrected chi connectivity index (χ1v) is 10.6. The first-order valence-electron chi connectivity index (χ1n) is 10.2. The smallest absolute Gasteiger partial charge is 0.322 e. The van der Waals surface area contributed by atoms with Crippen molar-refractivity contribution in [3.8, 4) is 11.5 Å². The lowest BCUT2D eigenvalue weighted by atomic mass is 10.2. The van der Waals surface area contributed by atoms with Crippen LogP contribution in [0.3, 0.4) is 0 Å². The molecule has 0 fully saturated rings. The van der Waals surface area contributed by atoms with Gasteiger partial charge in [0.25, 0.3) is 0 Å². The lowest BCUT2D eigenvalue weighted by molar-refractivity contribution is 0.207. The fraction of sp³-hybridized carbons (Fsp3) is 0.292. The average molecular weight is 442 g/mol. The maximum absolute atomic E-state index is 13.1. The van der Waals surface area contributed by atoms with Gasteiger partial charge in [-0.1, -0.05) is 30.7 Å². The lowest BCUT2D eigenvalue weighted by Gasteiger charge is -2.24. The quantitative estimate of drug-likeness (QED) is 0.466. The molecule has 1 N–H and O–H groups in total. The minimum Gasteiger partial charge on any atom is -0.497 e. The van der Waals surface area contributed by atoms with Crippen LogP contribution in [0.15, 0.2) is 60.8 Å². The number of ether oxygens (including phenoxy) is 2. The summed E-state index contributed by atoms with van der Waals surface area (Å²) >= 11 is 6.12. The number of carbonyl (C=O) groups is 1. The molecule has 164 valence electrons. The van der Waals surface area contributed by atoms with Crippen LogP contribution >= 0.6 is 11.6 Å². The Labute approximate surface area is 188 Å². The highest BCUT2D eigenvalue weighted by molar-refractivity contribution is 6.30. The largest absolute Gasteiger partial charge is 0.497 e. The van der Waals surface area contributed by atoms with E-state index in [9.17, 15) is 4.79 Å². The molecular formula is C24H28ClN3O3. The van der Waals surface area contributed by atoms with Crippen molar-refractivity contribution < 1.29 is 14.3 Å². The number of hydrogen-bond donors (Lipinski definition) is 1. The van der Waals surface area contributed by atoms with Crippen LogP contribution in [0.4, 0.5) is 10.5 Å². The Morgan fingerprint density at radius 3 is 2.65 bits per heavy atom. The van der Waals surface area contributed by atoms with Crippen LogP contribution in [0.1, 0.15) is 24.6 Å². The standard InChI is InChI=1S/C24H28ClN3O3/c1-4-12-28(24(29)26-22-11-10-21(30-2)15-23(22)31-3)17-20-9-6-13-27(20)16-18-7-5-8-19(25)14-18/h5-11,13-15H,4,12,16-17H2,1-3H3,(H,26,29). The van der Waals surface area contributed by atoms with Crippen LogP contribution in [-0.4, -0.2) is 36.3 Å². The van der Waals surface area contributed by atoms with Gasteiger partial charge in [0, 0.05) is 36.1 Å². The molecule has 3 aromatic rings. The van der Waals surface area contributed by atoms with Gasteiger partial charge in [0.2, 0.25) is 0 Å². The maximum Gasteiger partial charge on any atom is 0.322 e. The van der Waals surface area contributed by atoms with Crippen molar-refractivity contribution in [1.29, 1.82) is 0 Å². The van der Waals surface area contributed by atoms with E-state index in [4.69, 9.17) is 21.1 Å². The van der Waals surface area contributed by atoms with E-state index in [-0.39, 0.29) is 6.03 Å². The minimum atomic E-state index is -0.180. The number of methoxy groups -OCH3 is 2. The summed E-state index contributed by atoms with van der Waals surface area (Å²) in [6.45, 7) is 3.87. The van der Waals surface area contributed by atoms with Gasteiger partial charge >= 0.3 is 6.03 Å². The van der Waals surface area contributed by atoms with Gasteiger partial charge in [-0.25, -0.2) is 4.79 Å². The Balaban J connectivity index is 1.74. The van der Waals surface area contributed by atoms with Crippen LogP contribution in [0.25, 0.3) is 0 Å². The van der Waals surface area contributed by atoms with Crippen molar-refractivity contribution in [2.75, 3.05) is 26.1 Å². The third-order valence-electron chi connectivity index (χ3n) is 4.95. The van der Waals surface area contributed by atoms with Crippen LogP contribution < -0.4 is 14.8 Å². The van der Waals surface area contributed by atoms with E-state index in [1.165, 1.54) is 0 Å². The van der Waals surface area contributed by atoms with Gasteiger partial charge < -0.3 is 24.3 Å². The maximum atomic E-state index is 13.1. The summed E-state index contributed by atoms with van der Waals surface area (Å²) in [5.41, 5.74) is 2.76. The van der Waals surface area contributed by atoms with Gasteiger partial charge in [-0.3, -0.25) is 0 Å². The van der Waals surface area contributed by atoms with Crippen molar-refractivity contribution in [2.45, 2.75) is 26.4 Å². The van der Waals surface area contributed by atoms with Crippen molar-refractivity contribution in [3.63, 3.8) is 0 Å². The van der Waals surface area contributed by atoms with Crippen molar-refractivity contribution in [2.24, 2.45) is 0 Å². The minimum absolute atomic E-state index is 0.180. The van der Waals surface area contributed by atoms with Gasteiger partial charge in [-0.15, -0.1) is 0 Å². The Bertz CT molecular complexity index is 1020. The average Bonchev–Trinajstić information content (AvgIpc) is 3.20. The Hall–Kier alpha value is -3.12. The first kappa shape index (κ1) is 22.6. The highest BCUT2D eigenvalue weighted by Crippen LogP contribution is 2.29. The zero-order valence-electron chi connectivity index (χ0n) is 18.1. The normalized spacial score (nSPS) is 10.6. The molecule has 0 aliphatic rings. The second-order valence-electron chi connectivity index (χ2n) is 7.18. The number of rotatable bonds is 9. The third-order valence-corrected chi connectivity index (χ3v) is 5.18. The molecule has 7 heteroatoms. The summed E-state index contributed by atoms with van der Waals surface area (Å²) in [5, 5.41) is 3.68.